The van der Waals surface area contributed by atoms with Gasteiger partial charge in [0.2, 0.25) is 0 Å². The molecule has 3 aliphatic rings. The maximum Gasteiger partial charge on any atom is 0.336 e. The van der Waals surface area contributed by atoms with Crippen molar-refractivity contribution in [1.82, 2.24) is 9.80 Å². The predicted molar refractivity (Wildman–Crippen MR) is 166 cm³/mol. The van der Waals surface area contributed by atoms with E-state index in [4.69, 9.17) is 4.74 Å². The summed E-state index contributed by atoms with van der Waals surface area (Å²) in [7, 11) is 1.58. The molecule has 1 unspecified atom stereocenters. The van der Waals surface area contributed by atoms with Crippen LogP contribution in [-0.4, -0.2) is 78.3 Å². The molecule has 2 aromatic rings. The minimum Gasteiger partial charge on any atom is -0.478 e. The first kappa shape index (κ1) is 30.5. The first-order valence-electron chi connectivity index (χ1n) is 16.0. The second kappa shape index (κ2) is 14.5. The van der Waals surface area contributed by atoms with Crippen molar-refractivity contribution in [3.05, 3.63) is 52.1 Å². The SMILES string of the molecule is COC1Nc2cc(C(=O)O)c(CCCCN3CCCCC3)c(CCCCN3CCCCC3)c2-c2ccc(C(=O)O)cc21. The van der Waals surface area contributed by atoms with Crippen molar-refractivity contribution in [1.29, 1.82) is 0 Å². The molecule has 2 aromatic carbocycles. The molecular formula is C34H47N3O5. The smallest absolute Gasteiger partial charge is 0.336 e. The van der Waals surface area contributed by atoms with Crippen LogP contribution in [-0.2, 0) is 17.6 Å². The zero-order valence-corrected chi connectivity index (χ0v) is 25.1. The van der Waals surface area contributed by atoms with Gasteiger partial charge in [0.25, 0.3) is 0 Å². The lowest BCUT2D eigenvalue weighted by atomic mass is 9.82. The number of aromatic carboxylic acids is 2. The number of nitrogens with zero attached hydrogens (tertiary/aromatic N) is 2. The number of methoxy groups -OCH3 is 1. The van der Waals surface area contributed by atoms with Gasteiger partial charge in [0.1, 0.15) is 0 Å². The first-order chi connectivity index (χ1) is 20.5. The molecule has 2 saturated heterocycles. The molecule has 0 amide bonds. The first-order valence-corrected chi connectivity index (χ1v) is 16.0. The number of carboxylic acid groups (broad SMARTS) is 2. The van der Waals surface area contributed by atoms with Crippen molar-refractivity contribution >= 4 is 17.6 Å². The lowest BCUT2D eigenvalue weighted by molar-refractivity contribution is 0.0684. The van der Waals surface area contributed by atoms with Crippen LogP contribution in [0.3, 0.4) is 0 Å². The highest BCUT2D eigenvalue weighted by Gasteiger charge is 2.31. The molecule has 42 heavy (non-hydrogen) atoms. The maximum absolute atomic E-state index is 12.7. The molecule has 2 fully saturated rings. The minimum atomic E-state index is -0.980. The number of unbranched alkanes of at least 4 members (excludes halogenated alkanes) is 2. The number of ether oxygens (including phenoxy) is 1. The summed E-state index contributed by atoms with van der Waals surface area (Å²) in [6.45, 7) is 6.83. The zero-order valence-electron chi connectivity index (χ0n) is 25.1. The van der Waals surface area contributed by atoms with Crippen molar-refractivity contribution in [2.45, 2.75) is 83.3 Å². The Kier molecular flexibility index (Phi) is 10.5. The number of piperidine rings is 2. The summed E-state index contributed by atoms with van der Waals surface area (Å²) in [6, 6.07) is 6.98. The monoisotopic (exact) mass is 577 g/mol. The van der Waals surface area contributed by atoms with Crippen LogP contribution in [0.4, 0.5) is 5.69 Å². The molecule has 0 aliphatic carbocycles. The van der Waals surface area contributed by atoms with Crippen molar-refractivity contribution in [3.63, 3.8) is 0 Å². The fraction of sp³-hybridized carbons (Fsp3) is 0.588. The second-order valence-corrected chi connectivity index (χ2v) is 12.2. The highest BCUT2D eigenvalue weighted by molar-refractivity contribution is 5.98. The van der Waals surface area contributed by atoms with E-state index in [0.29, 0.717) is 5.56 Å². The van der Waals surface area contributed by atoms with Gasteiger partial charge in [-0.05, 0) is 138 Å². The number of rotatable bonds is 13. The van der Waals surface area contributed by atoms with Gasteiger partial charge >= 0.3 is 11.9 Å². The van der Waals surface area contributed by atoms with Gasteiger partial charge in [-0.25, -0.2) is 9.59 Å². The molecular weight excluding hydrogens is 530 g/mol. The number of fused-ring (bicyclic) bond motifs is 3. The van der Waals surface area contributed by atoms with E-state index in [-0.39, 0.29) is 5.56 Å². The van der Waals surface area contributed by atoms with E-state index >= 15 is 0 Å². The van der Waals surface area contributed by atoms with Crippen molar-refractivity contribution < 1.29 is 24.5 Å². The summed E-state index contributed by atoms with van der Waals surface area (Å²) in [6.07, 6.45) is 12.7. The molecule has 8 nitrogen and oxygen atoms in total. The average Bonchev–Trinajstić information content (AvgIpc) is 3.01. The predicted octanol–water partition coefficient (Wildman–Crippen LogP) is 6.44. The third-order valence-corrected chi connectivity index (χ3v) is 9.35. The molecule has 0 radical (unpaired) electrons. The van der Waals surface area contributed by atoms with Crippen LogP contribution in [0.25, 0.3) is 11.1 Å². The fourth-order valence-corrected chi connectivity index (χ4v) is 7.14. The third-order valence-electron chi connectivity index (χ3n) is 9.35. The van der Waals surface area contributed by atoms with Gasteiger partial charge in [0.15, 0.2) is 6.23 Å². The van der Waals surface area contributed by atoms with E-state index in [0.717, 1.165) is 85.1 Å². The molecule has 1 atom stereocenters. The van der Waals surface area contributed by atoms with E-state index in [1.54, 1.807) is 25.3 Å². The Morgan fingerprint density at radius 2 is 1.40 bits per heavy atom. The summed E-state index contributed by atoms with van der Waals surface area (Å²) >= 11 is 0. The number of carboxylic acids is 2. The lowest BCUT2D eigenvalue weighted by Crippen LogP contribution is -2.30. The summed E-state index contributed by atoms with van der Waals surface area (Å²) < 4.78 is 5.72. The summed E-state index contributed by atoms with van der Waals surface area (Å²) in [5.41, 5.74) is 6.06. The Morgan fingerprint density at radius 3 is 1.95 bits per heavy atom. The van der Waals surface area contributed by atoms with Crippen LogP contribution in [0.1, 0.15) is 108 Å². The van der Waals surface area contributed by atoms with Gasteiger partial charge in [0, 0.05) is 23.9 Å². The van der Waals surface area contributed by atoms with E-state index in [2.05, 4.69) is 15.1 Å². The minimum absolute atomic E-state index is 0.212. The number of hydrogen-bond acceptors (Lipinski definition) is 6. The maximum atomic E-state index is 12.7. The number of likely N-dealkylation sites (tertiary alicyclic amines) is 2. The van der Waals surface area contributed by atoms with E-state index in [1.165, 1.54) is 64.7 Å². The van der Waals surface area contributed by atoms with Gasteiger partial charge in [-0.15, -0.1) is 0 Å². The van der Waals surface area contributed by atoms with Crippen LogP contribution in [0, 0.1) is 0 Å². The van der Waals surface area contributed by atoms with Crippen molar-refractivity contribution in [2.24, 2.45) is 0 Å². The number of carbonyl (C=O) groups is 2. The summed E-state index contributed by atoms with van der Waals surface area (Å²) in [4.78, 5) is 29.6. The Bertz CT molecular complexity index is 1250. The van der Waals surface area contributed by atoms with E-state index < -0.39 is 18.2 Å². The number of nitrogens with one attached hydrogen (secondary N) is 1. The molecule has 0 bridgehead atoms. The Balaban J connectivity index is 1.46. The van der Waals surface area contributed by atoms with Gasteiger partial charge < -0.3 is 30.1 Å². The van der Waals surface area contributed by atoms with Crippen LogP contribution in [0.5, 0.6) is 0 Å². The van der Waals surface area contributed by atoms with Gasteiger partial charge in [-0.1, -0.05) is 18.9 Å². The Hall–Kier alpha value is -2.94. The van der Waals surface area contributed by atoms with Crippen LogP contribution in [0.2, 0.25) is 0 Å². The zero-order chi connectivity index (χ0) is 29.5. The average molecular weight is 578 g/mol. The normalized spacial score (nSPS) is 19.1. The Labute approximate surface area is 250 Å². The molecule has 8 heteroatoms. The number of hydrogen-bond donors (Lipinski definition) is 3. The van der Waals surface area contributed by atoms with Crippen molar-refractivity contribution in [3.8, 4) is 11.1 Å². The van der Waals surface area contributed by atoms with Crippen LogP contribution in [0.15, 0.2) is 24.3 Å². The van der Waals surface area contributed by atoms with Gasteiger partial charge in [-0.3, -0.25) is 0 Å². The standard InChI is InChI=1S/C34H47N3O5/c1-42-32-28-22-24(33(38)39)14-15-27(28)31-26(13-5-11-21-37-18-8-3-9-19-37)25(29(34(40)41)23-30(31)35-32)12-4-10-20-36-16-6-2-7-17-36/h14-15,22-23,32,35H,2-13,16-21H2,1H3,(H,38,39)(H,40,41). The quantitative estimate of drug-likeness (QED) is 0.234. The summed E-state index contributed by atoms with van der Waals surface area (Å²) in [5.74, 6) is -1.88. The summed E-state index contributed by atoms with van der Waals surface area (Å²) in [5, 5.41) is 23.4. The molecule has 0 aromatic heterocycles. The largest absolute Gasteiger partial charge is 0.478 e. The van der Waals surface area contributed by atoms with E-state index in [1.807, 2.05) is 6.07 Å². The van der Waals surface area contributed by atoms with Crippen LogP contribution < -0.4 is 5.32 Å². The third kappa shape index (κ3) is 7.16. The van der Waals surface area contributed by atoms with Crippen molar-refractivity contribution in [2.75, 3.05) is 51.7 Å². The van der Waals surface area contributed by atoms with Gasteiger partial charge in [0.05, 0.1) is 11.1 Å². The molecule has 3 heterocycles. The fourth-order valence-electron chi connectivity index (χ4n) is 7.14. The second-order valence-electron chi connectivity index (χ2n) is 12.2. The number of benzene rings is 2. The molecule has 3 aliphatic heterocycles. The topological polar surface area (TPSA) is 102 Å². The molecule has 0 saturated carbocycles. The molecule has 3 N–H and O–H groups in total. The Morgan fingerprint density at radius 1 is 0.810 bits per heavy atom. The van der Waals surface area contributed by atoms with E-state index in [9.17, 15) is 19.8 Å². The highest BCUT2D eigenvalue weighted by Crippen LogP contribution is 2.46. The van der Waals surface area contributed by atoms with Crippen LogP contribution >= 0.6 is 0 Å². The highest BCUT2D eigenvalue weighted by atomic mass is 16.5. The van der Waals surface area contributed by atoms with Gasteiger partial charge in [-0.2, -0.15) is 0 Å². The molecule has 228 valence electrons. The molecule has 5 rings (SSSR count). The lowest BCUT2D eigenvalue weighted by Gasteiger charge is -2.32. The molecule has 0 spiro atoms. The number of anilines is 1.